The van der Waals surface area contributed by atoms with Crippen molar-refractivity contribution in [3.63, 3.8) is 0 Å². The van der Waals surface area contributed by atoms with E-state index in [4.69, 9.17) is 5.11 Å². The lowest BCUT2D eigenvalue weighted by atomic mass is 10.1. The number of carbonyl (C=O) groups is 1. The van der Waals surface area contributed by atoms with Crippen molar-refractivity contribution in [3.8, 4) is 23.0 Å². The Bertz CT molecular complexity index is 943. The van der Waals surface area contributed by atoms with E-state index in [1.54, 1.807) is 18.2 Å². The van der Waals surface area contributed by atoms with Crippen molar-refractivity contribution in [2.75, 3.05) is 0 Å². The molecule has 0 bridgehead atoms. The van der Waals surface area contributed by atoms with Crippen molar-refractivity contribution in [1.82, 2.24) is 15.0 Å². The smallest absolute Gasteiger partial charge is 0.335 e. The molecule has 1 aromatic heterocycles. The summed E-state index contributed by atoms with van der Waals surface area (Å²) in [6.07, 6.45) is 0. The molecular formula is C16H9FN4O2. The van der Waals surface area contributed by atoms with Crippen LogP contribution in [-0.2, 0) is 0 Å². The van der Waals surface area contributed by atoms with Crippen LogP contribution in [-0.4, -0.2) is 26.1 Å². The number of nitrogens with zero attached hydrogens (tertiary/aromatic N) is 4. The van der Waals surface area contributed by atoms with Gasteiger partial charge in [0.25, 0.3) is 0 Å². The quantitative estimate of drug-likeness (QED) is 0.803. The van der Waals surface area contributed by atoms with Gasteiger partial charge < -0.3 is 5.11 Å². The van der Waals surface area contributed by atoms with Gasteiger partial charge in [0, 0.05) is 5.56 Å². The van der Waals surface area contributed by atoms with Gasteiger partial charge in [-0.1, -0.05) is 23.4 Å². The van der Waals surface area contributed by atoms with E-state index in [1.165, 1.54) is 35.0 Å². The monoisotopic (exact) mass is 308 g/mol. The van der Waals surface area contributed by atoms with Crippen LogP contribution in [0.15, 0.2) is 48.5 Å². The second-order valence-corrected chi connectivity index (χ2v) is 4.68. The standard InChI is InChI=1S/C16H9FN4O2/c17-12-5-1-3-10(7-12)15-14(9-18)19-20-21(15)13-6-2-4-11(8-13)16(22)23/h1-8H,(H,22,23). The summed E-state index contributed by atoms with van der Waals surface area (Å²) in [6.45, 7) is 0. The summed E-state index contributed by atoms with van der Waals surface area (Å²) < 4.78 is 14.8. The van der Waals surface area contributed by atoms with Crippen molar-refractivity contribution < 1.29 is 14.3 Å². The molecule has 0 spiro atoms. The summed E-state index contributed by atoms with van der Waals surface area (Å²) in [4.78, 5) is 11.1. The van der Waals surface area contributed by atoms with Crippen molar-refractivity contribution in [2.24, 2.45) is 0 Å². The van der Waals surface area contributed by atoms with Gasteiger partial charge in [0.15, 0.2) is 5.69 Å². The Morgan fingerprint density at radius 3 is 2.70 bits per heavy atom. The van der Waals surface area contributed by atoms with Crippen molar-refractivity contribution in [1.29, 1.82) is 5.26 Å². The lowest BCUT2D eigenvalue weighted by Gasteiger charge is -2.07. The van der Waals surface area contributed by atoms with Crippen LogP contribution >= 0.6 is 0 Å². The van der Waals surface area contributed by atoms with Gasteiger partial charge in [0.05, 0.1) is 11.3 Å². The minimum atomic E-state index is -1.08. The molecule has 0 amide bonds. The van der Waals surface area contributed by atoms with E-state index in [0.29, 0.717) is 16.9 Å². The fourth-order valence-electron chi connectivity index (χ4n) is 2.20. The first-order valence-corrected chi connectivity index (χ1v) is 6.55. The van der Waals surface area contributed by atoms with Crippen LogP contribution in [0.4, 0.5) is 4.39 Å². The van der Waals surface area contributed by atoms with Gasteiger partial charge in [-0.05, 0) is 30.3 Å². The molecule has 23 heavy (non-hydrogen) atoms. The number of aromatic nitrogens is 3. The van der Waals surface area contributed by atoms with Gasteiger partial charge in [0.1, 0.15) is 17.6 Å². The molecular weight excluding hydrogens is 299 g/mol. The third-order valence-electron chi connectivity index (χ3n) is 3.21. The molecule has 0 aliphatic carbocycles. The van der Waals surface area contributed by atoms with Crippen LogP contribution in [0.5, 0.6) is 0 Å². The highest BCUT2D eigenvalue weighted by Crippen LogP contribution is 2.25. The molecule has 6 nitrogen and oxygen atoms in total. The maximum absolute atomic E-state index is 13.5. The van der Waals surface area contributed by atoms with Crippen molar-refractivity contribution >= 4 is 5.97 Å². The number of halogens is 1. The normalized spacial score (nSPS) is 10.3. The SMILES string of the molecule is N#Cc1nnn(-c2cccc(C(=O)O)c2)c1-c1cccc(F)c1. The van der Waals surface area contributed by atoms with E-state index in [-0.39, 0.29) is 11.3 Å². The number of aromatic carboxylic acids is 1. The Kier molecular flexibility index (Phi) is 3.57. The maximum Gasteiger partial charge on any atom is 0.335 e. The first kappa shape index (κ1) is 14.4. The first-order valence-electron chi connectivity index (χ1n) is 6.55. The van der Waals surface area contributed by atoms with Crippen molar-refractivity contribution in [2.45, 2.75) is 0 Å². The molecule has 0 fully saturated rings. The summed E-state index contributed by atoms with van der Waals surface area (Å²) in [5.74, 6) is -1.54. The Balaban J connectivity index is 2.22. The van der Waals surface area contributed by atoms with Crippen LogP contribution in [0.1, 0.15) is 16.1 Å². The highest BCUT2D eigenvalue weighted by Gasteiger charge is 2.17. The fraction of sp³-hybridized carbons (Fsp3) is 0. The second-order valence-electron chi connectivity index (χ2n) is 4.68. The molecule has 112 valence electrons. The van der Waals surface area contributed by atoms with E-state index in [2.05, 4.69) is 10.3 Å². The molecule has 0 unspecified atom stereocenters. The number of hydrogen-bond donors (Lipinski definition) is 1. The average Bonchev–Trinajstić information content (AvgIpc) is 2.99. The van der Waals surface area contributed by atoms with E-state index in [9.17, 15) is 14.4 Å². The minimum absolute atomic E-state index is 0.0244. The number of carboxylic acid groups (broad SMARTS) is 1. The van der Waals surface area contributed by atoms with Crippen molar-refractivity contribution in [3.05, 3.63) is 65.6 Å². The molecule has 0 saturated heterocycles. The topological polar surface area (TPSA) is 91.8 Å². The third kappa shape index (κ3) is 2.65. The largest absolute Gasteiger partial charge is 0.478 e. The predicted octanol–water partition coefficient (Wildman–Crippen LogP) is 2.64. The van der Waals surface area contributed by atoms with E-state index >= 15 is 0 Å². The van der Waals surface area contributed by atoms with Gasteiger partial charge in [-0.15, -0.1) is 5.10 Å². The highest BCUT2D eigenvalue weighted by atomic mass is 19.1. The van der Waals surface area contributed by atoms with Crippen LogP contribution in [0, 0.1) is 17.1 Å². The van der Waals surface area contributed by atoms with E-state index in [1.807, 2.05) is 6.07 Å². The second kappa shape index (κ2) is 5.69. The zero-order valence-corrected chi connectivity index (χ0v) is 11.6. The number of hydrogen-bond acceptors (Lipinski definition) is 4. The minimum Gasteiger partial charge on any atom is -0.478 e. The third-order valence-corrected chi connectivity index (χ3v) is 3.21. The zero-order valence-electron chi connectivity index (χ0n) is 11.6. The number of nitriles is 1. The Morgan fingerprint density at radius 2 is 2.00 bits per heavy atom. The van der Waals surface area contributed by atoms with E-state index < -0.39 is 11.8 Å². The van der Waals surface area contributed by atoms with Gasteiger partial charge in [0.2, 0.25) is 0 Å². The summed E-state index contributed by atoms with van der Waals surface area (Å²) in [7, 11) is 0. The summed E-state index contributed by atoms with van der Waals surface area (Å²) >= 11 is 0. The number of carboxylic acids is 1. The molecule has 3 rings (SSSR count). The average molecular weight is 308 g/mol. The van der Waals surface area contributed by atoms with Crippen LogP contribution < -0.4 is 0 Å². The fourth-order valence-corrected chi connectivity index (χ4v) is 2.20. The summed E-state index contributed by atoms with van der Waals surface area (Å²) in [5, 5.41) is 25.9. The zero-order chi connectivity index (χ0) is 16.4. The lowest BCUT2D eigenvalue weighted by Crippen LogP contribution is -2.03. The highest BCUT2D eigenvalue weighted by molar-refractivity contribution is 5.88. The Morgan fingerprint density at radius 1 is 1.22 bits per heavy atom. The lowest BCUT2D eigenvalue weighted by molar-refractivity contribution is 0.0697. The summed E-state index contributed by atoms with van der Waals surface area (Å²) in [6, 6.07) is 13.6. The van der Waals surface area contributed by atoms with Gasteiger partial charge in [-0.3, -0.25) is 0 Å². The summed E-state index contributed by atoms with van der Waals surface area (Å²) in [5.41, 5.74) is 1.23. The van der Waals surface area contributed by atoms with Gasteiger partial charge >= 0.3 is 5.97 Å². The molecule has 0 aliphatic rings. The molecule has 0 atom stereocenters. The first-order chi connectivity index (χ1) is 11.1. The van der Waals surface area contributed by atoms with Gasteiger partial charge in [-0.25, -0.2) is 13.9 Å². The molecule has 2 aromatic carbocycles. The van der Waals surface area contributed by atoms with Crippen LogP contribution in [0.2, 0.25) is 0 Å². The van der Waals surface area contributed by atoms with E-state index in [0.717, 1.165) is 0 Å². The molecule has 0 aliphatic heterocycles. The maximum atomic E-state index is 13.5. The predicted molar refractivity (Wildman–Crippen MR) is 78.4 cm³/mol. The molecule has 1 N–H and O–H groups in total. The van der Waals surface area contributed by atoms with Gasteiger partial charge in [-0.2, -0.15) is 5.26 Å². The molecule has 0 saturated carbocycles. The Hall–Kier alpha value is -3.53. The molecule has 1 heterocycles. The molecule has 3 aromatic rings. The van der Waals surface area contributed by atoms with Crippen LogP contribution in [0.25, 0.3) is 16.9 Å². The molecule has 7 heteroatoms. The Labute approximate surface area is 130 Å². The number of rotatable bonds is 3. The number of benzene rings is 2. The van der Waals surface area contributed by atoms with Crippen LogP contribution in [0.3, 0.4) is 0 Å². The molecule has 0 radical (unpaired) electrons.